The van der Waals surface area contributed by atoms with Gasteiger partial charge in [-0.3, -0.25) is 0 Å². The summed E-state index contributed by atoms with van der Waals surface area (Å²) in [6, 6.07) is 12.1. The minimum atomic E-state index is 1.06. The van der Waals surface area contributed by atoms with E-state index in [1.807, 2.05) is 36.5 Å². The van der Waals surface area contributed by atoms with Gasteiger partial charge in [-0.05, 0) is 56.1 Å². The van der Waals surface area contributed by atoms with Crippen molar-refractivity contribution in [2.45, 2.75) is 0 Å². The molecule has 0 aliphatic heterocycles. The van der Waals surface area contributed by atoms with Crippen LogP contribution in [0.1, 0.15) is 0 Å². The summed E-state index contributed by atoms with van der Waals surface area (Å²) in [6.07, 6.45) is 2.02. The molecule has 2 rings (SSSR count). The van der Waals surface area contributed by atoms with Gasteiger partial charge >= 0.3 is 0 Å². The maximum Gasteiger partial charge on any atom is 0.0892 e. The van der Waals surface area contributed by atoms with Gasteiger partial charge in [0.15, 0.2) is 0 Å². The molecule has 0 atom stereocenters. The van der Waals surface area contributed by atoms with E-state index < -0.39 is 0 Å². The molecule has 2 aromatic rings. The number of hydrogen-bond donors (Lipinski definition) is 0. The highest BCUT2D eigenvalue weighted by atomic mass is 79.9. The van der Waals surface area contributed by atoms with Crippen LogP contribution in [0.3, 0.4) is 0 Å². The molecule has 1 heterocycles. The Bertz CT molecular complexity index is 420. The molecule has 66 valence electrons. The second-order valence-electron chi connectivity index (χ2n) is 2.65. The number of para-hydroxylation sites is 1. The Morgan fingerprint density at radius 1 is 0.923 bits per heavy atom. The SMILES string of the molecule is Brc1ccccc1-n1cccc1Br. The summed E-state index contributed by atoms with van der Waals surface area (Å²) in [5.41, 5.74) is 1.14. The van der Waals surface area contributed by atoms with E-state index in [0.717, 1.165) is 14.8 Å². The highest BCUT2D eigenvalue weighted by Gasteiger charge is 2.02. The molecular formula is C10H7Br2N. The Morgan fingerprint density at radius 2 is 1.69 bits per heavy atom. The zero-order valence-electron chi connectivity index (χ0n) is 6.74. The zero-order chi connectivity index (χ0) is 9.26. The number of aromatic nitrogens is 1. The molecule has 3 heteroatoms. The van der Waals surface area contributed by atoms with E-state index >= 15 is 0 Å². The Hall–Kier alpha value is -0.540. The lowest BCUT2D eigenvalue weighted by molar-refractivity contribution is 1.04. The first-order chi connectivity index (χ1) is 6.29. The van der Waals surface area contributed by atoms with Gasteiger partial charge in [-0.1, -0.05) is 12.1 Å². The van der Waals surface area contributed by atoms with Gasteiger partial charge in [-0.2, -0.15) is 0 Å². The fourth-order valence-corrected chi connectivity index (χ4v) is 2.14. The number of halogens is 2. The monoisotopic (exact) mass is 299 g/mol. The van der Waals surface area contributed by atoms with Crippen molar-refractivity contribution < 1.29 is 0 Å². The molecule has 0 bridgehead atoms. The van der Waals surface area contributed by atoms with E-state index in [1.165, 1.54) is 0 Å². The maximum atomic E-state index is 3.51. The molecule has 0 amide bonds. The van der Waals surface area contributed by atoms with Gasteiger partial charge in [-0.15, -0.1) is 0 Å². The minimum absolute atomic E-state index is 1.06. The first kappa shape index (κ1) is 9.03. The van der Waals surface area contributed by atoms with Gasteiger partial charge < -0.3 is 4.57 Å². The molecule has 0 fully saturated rings. The zero-order valence-corrected chi connectivity index (χ0v) is 9.92. The number of hydrogen-bond acceptors (Lipinski definition) is 0. The highest BCUT2D eigenvalue weighted by Crippen LogP contribution is 2.24. The molecule has 0 unspecified atom stereocenters. The van der Waals surface area contributed by atoms with E-state index in [-0.39, 0.29) is 0 Å². The Morgan fingerprint density at radius 3 is 2.31 bits per heavy atom. The van der Waals surface area contributed by atoms with Gasteiger partial charge in [0.1, 0.15) is 0 Å². The summed E-state index contributed by atoms with van der Waals surface area (Å²) in [5.74, 6) is 0. The molecular weight excluding hydrogens is 294 g/mol. The summed E-state index contributed by atoms with van der Waals surface area (Å²) < 4.78 is 4.22. The van der Waals surface area contributed by atoms with Gasteiger partial charge in [0, 0.05) is 10.7 Å². The standard InChI is InChI=1S/C10H7Br2N/c11-8-4-1-2-5-9(8)13-7-3-6-10(13)12/h1-7H. The van der Waals surface area contributed by atoms with Gasteiger partial charge in [0.05, 0.1) is 10.3 Å². The third-order valence-corrected chi connectivity index (χ3v) is 3.13. The second-order valence-corrected chi connectivity index (χ2v) is 4.32. The average molecular weight is 301 g/mol. The lowest BCUT2D eigenvalue weighted by Crippen LogP contribution is -1.92. The van der Waals surface area contributed by atoms with Crippen molar-refractivity contribution in [2.24, 2.45) is 0 Å². The lowest BCUT2D eigenvalue weighted by atomic mass is 10.3. The van der Waals surface area contributed by atoms with Crippen molar-refractivity contribution in [3.8, 4) is 5.69 Å². The minimum Gasteiger partial charge on any atom is -0.310 e. The summed E-state index contributed by atoms with van der Waals surface area (Å²) in [4.78, 5) is 0. The van der Waals surface area contributed by atoms with E-state index in [4.69, 9.17) is 0 Å². The smallest absolute Gasteiger partial charge is 0.0892 e. The summed E-state index contributed by atoms with van der Waals surface area (Å²) in [7, 11) is 0. The van der Waals surface area contributed by atoms with Crippen LogP contribution in [0.4, 0.5) is 0 Å². The normalized spacial score (nSPS) is 10.3. The van der Waals surface area contributed by atoms with Crippen LogP contribution in [-0.4, -0.2) is 4.57 Å². The largest absolute Gasteiger partial charge is 0.310 e. The molecule has 1 nitrogen and oxygen atoms in total. The fourth-order valence-electron chi connectivity index (χ4n) is 1.20. The third kappa shape index (κ3) is 1.71. The second kappa shape index (κ2) is 3.68. The Kier molecular flexibility index (Phi) is 2.56. The number of nitrogens with zero attached hydrogens (tertiary/aromatic N) is 1. The maximum absolute atomic E-state index is 3.51. The predicted octanol–water partition coefficient (Wildman–Crippen LogP) is 4.00. The summed E-state index contributed by atoms with van der Waals surface area (Å²) >= 11 is 6.99. The lowest BCUT2D eigenvalue weighted by Gasteiger charge is -2.06. The van der Waals surface area contributed by atoms with Crippen LogP contribution in [0.5, 0.6) is 0 Å². The van der Waals surface area contributed by atoms with Gasteiger partial charge in [0.2, 0.25) is 0 Å². The van der Waals surface area contributed by atoms with Crippen LogP contribution in [0.15, 0.2) is 51.7 Å². The Balaban J connectivity index is 2.59. The van der Waals surface area contributed by atoms with Crippen LogP contribution in [-0.2, 0) is 0 Å². The van der Waals surface area contributed by atoms with E-state index in [2.05, 4.69) is 42.5 Å². The van der Waals surface area contributed by atoms with Crippen LogP contribution >= 0.6 is 31.9 Å². The molecule has 0 spiro atoms. The Labute approximate surface area is 93.6 Å². The third-order valence-electron chi connectivity index (χ3n) is 1.81. The number of rotatable bonds is 1. The van der Waals surface area contributed by atoms with E-state index in [1.54, 1.807) is 0 Å². The van der Waals surface area contributed by atoms with Crippen LogP contribution in [0, 0.1) is 0 Å². The van der Waals surface area contributed by atoms with Crippen molar-refractivity contribution in [3.63, 3.8) is 0 Å². The highest BCUT2D eigenvalue weighted by molar-refractivity contribution is 9.11. The fraction of sp³-hybridized carbons (Fsp3) is 0. The number of benzene rings is 1. The topological polar surface area (TPSA) is 4.93 Å². The van der Waals surface area contributed by atoms with Crippen LogP contribution in [0.2, 0.25) is 0 Å². The van der Waals surface area contributed by atoms with Gasteiger partial charge in [0.25, 0.3) is 0 Å². The molecule has 13 heavy (non-hydrogen) atoms. The molecule has 0 aliphatic rings. The van der Waals surface area contributed by atoms with E-state index in [0.29, 0.717) is 0 Å². The van der Waals surface area contributed by atoms with Crippen molar-refractivity contribution in [3.05, 3.63) is 51.7 Å². The summed E-state index contributed by atoms with van der Waals surface area (Å²) in [5, 5.41) is 0. The molecule has 1 aromatic carbocycles. The van der Waals surface area contributed by atoms with Crippen LogP contribution < -0.4 is 0 Å². The molecule has 0 saturated carbocycles. The first-order valence-corrected chi connectivity index (χ1v) is 5.45. The van der Waals surface area contributed by atoms with Crippen molar-refractivity contribution in [1.82, 2.24) is 4.57 Å². The van der Waals surface area contributed by atoms with Crippen molar-refractivity contribution in [1.29, 1.82) is 0 Å². The summed E-state index contributed by atoms with van der Waals surface area (Å²) in [6.45, 7) is 0. The average Bonchev–Trinajstić information content (AvgIpc) is 2.52. The van der Waals surface area contributed by atoms with Crippen LogP contribution in [0.25, 0.3) is 5.69 Å². The molecule has 0 N–H and O–H groups in total. The molecule has 0 aliphatic carbocycles. The molecule has 1 aromatic heterocycles. The van der Waals surface area contributed by atoms with Crippen molar-refractivity contribution >= 4 is 31.9 Å². The van der Waals surface area contributed by atoms with Gasteiger partial charge in [-0.25, -0.2) is 0 Å². The quantitative estimate of drug-likeness (QED) is 0.750. The van der Waals surface area contributed by atoms with E-state index in [9.17, 15) is 0 Å². The predicted molar refractivity (Wildman–Crippen MR) is 61.2 cm³/mol. The molecule has 0 saturated heterocycles. The molecule has 0 radical (unpaired) electrons. The van der Waals surface area contributed by atoms with Crippen molar-refractivity contribution in [2.75, 3.05) is 0 Å². The first-order valence-electron chi connectivity index (χ1n) is 3.87.